The van der Waals surface area contributed by atoms with E-state index in [1.54, 1.807) is 24.3 Å². The highest BCUT2D eigenvalue weighted by Crippen LogP contribution is 2.26. The number of benzene rings is 1. The monoisotopic (exact) mass is 233 g/mol. The summed E-state index contributed by atoms with van der Waals surface area (Å²) in [7, 11) is 0. The molecule has 90 valence electrons. The van der Waals surface area contributed by atoms with Crippen LogP contribution in [0, 0.1) is 0 Å². The van der Waals surface area contributed by atoms with Gasteiger partial charge in [-0.2, -0.15) is 0 Å². The number of hydroxylamine groups is 2. The first-order valence-corrected chi connectivity index (χ1v) is 5.63. The van der Waals surface area contributed by atoms with Gasteiger partial charge >= 0.3 is 0 Å². The normalized spacial score (nSPS) is 15.4. The number of carbonyl (C=O) groups excluding carboxylic acids is 2. The van der Waals surface area contributed by atoms with Gasteiger partial charge in [0.1, 0.15) is 0 Å². The Morgan fingerprint density at radius 3 is 2.00 bits per heavy atom. The molecule has 4 nitrogen and oxygen atoms in total. The van der Waals surface area contributed by atoms with Gasteiger partial charge in [-0.05, 0) is 32.4 Å². The minimum absolute atomic E-state index is 0.382. The third-order valence-corrected chi connectivity index (χ3v) is 2.95. The van der Waals surface area contributed by atoms with Crippen molar-refractivity contribution in [3.63, 3.8) is 0 Å². The quantitative estimate of drug-likeness (QED) is 0.753. The van der Waals surface area contributed by atoms with Gasteiger partial charge in [-0.25, -0.2) is 0 Å². The Hall–Kier alpha value is -1.68. The van der Waals surface area contributed by atoms with Crippen molar-refractivity contribution in [1.82, 2.24) is 5.06 Å². The predicted molar refractivity (Wildman–Crippen MR) is 62.4 cm³/mol. The van der Waals surface area contributed by atoms with Crippen LogP contribution in [0.2, 0.25) is 0 Å². The zero-order chi connectivity index (χ0) is 12.6. The number of imide groups is 1. The maximum atomic E-state index is 12.0. The number of fused-ring (bicyclic) bond motifs is 1. The summed E-state index contributed by atoms with van der Waals surface area (Å²) in [5.74, 6) is -0.765. The van der Waals surface area contributed by atoms with Crippen LogP contribution in [0.25, 0.3) is 0 Å². The summed E-state index contributed by atoms with van der Waals surface area (Å²) in [6.45, 7) is 5.63. The van der Waals surface area contributed by atoms with Gasteiger partial charge in [-0.15, -0.1) is 5.06 Å². The first kappa shape index (κ1) is 11.8. The molecule has 1 heterocycles. The minimum Gasteiger partial charge on any atom is -0.266 e. The lowest BCUT2D eigenvalue weighted by Crippen LogP contribution is -2.39. The van der Waals surface area contributed by atoms with E-state index in [-0.39, 0.29) is 11.8 Å². The Kier molecular flexibility index (Phi) is 2.75. The SMILES string of the molecule is CCC(C)(C)ON1C(=O)c2ccccc2C1=O. The third kappa shape index (κ3) is 1.96. The molecule has 0 radical (unpaired) electrons. The van der Waals surface area contributed by atoms with Crippen LogP contribution in [0.3, 0.4) is 0 Å². The highest BCUT2D eigenvalue weighted by molar-refractivity contribution is 6.20. The molecular weight excluding hydrogens is 218 g/mol. The molecule has 2 rings (SSSR count). The van der Waals surface area contributed by atoms with Crippen molar-refractivity contribution in [2.45, 2.75) is 32.8 Å². The fraction of sp³-hybridized carbons (Fsp3) is 0.385. The second kappa shape index (κ2) is 3.96. The lowest BCUT2D eigenvalue weighted by Gasteiger charge is -2.27. The largest absolute Gasteiger partial charge is 0.285 e. The number of rotatable bonds is 3. The maximum Gasteiger partial charge on any atom is 0.285 e. The Labute approximate surface area is 100 Å². The smallest absolute Gasteiger partial charge is 0.266 e. The van der Waals surface area contributed by atoms with Gasteiger partial charge in [0.2, 0.25) is 0 Å². The van der Waals surface area contributed by atoms with Crippen LogP contribution in [0.5, 0.6) is 0 Å². The van der Waals surface area contributed by atoms with E-state index in [0.717, 1.165) is 5.06 Å². The summed E-state index contributed by atoms with van der Waals surface area (Å²) < 4.78 is 0. The van der Waals surface area contributed by atoms with Crippen LogP contribution >= 0.6 is 0 Å². The van der Waals surface area contributed by atoms with Crippen LogP contribution < -0.4 is 0 Å². The van der Waals surface area contributed by atoms with Crippen LogP contribution in [-0.4, -0.2) is 22.5 Å². The molecule has 4 heteroatoms. The third-order valence-electron chi connectivity index (χ3n) is 2.95. The predicted octanol–water partition coefficient (Wildman–Crippen LogP) is 2.40. The number of hydrogen-bond donors (Lipinski definition) is 0. The second-order valence-electron chi connectivity index (χ2n) is 4.65. The summed E-state index contributed by atoms with van der Waals surface area (Å²) in [5.41, 5.74) is 0.279. The Balaban J connectivity index is 2.31. The molecule has 2 amide bonds. The minimum atomic E-state index is -0.534. The molecule has 0 aromatic heterocycles. The fourth-order valence-corrected chi connectivity index (χ4v) is 1.56. The first-order chi connectivity index (χ1) is 7.96. The molecule has 0 saturated carbocycles. The zero-order valence-corrected chi connectivity index (χ0v) is 10.2. The van der Waals surface area contributed by atoms with Gasteiger partial charge in [-0.3, -0.25) is 14.4 Å². The molecule has 0 atom stereocenters. The number of hydrogen-bond acceptors (Lipinski definition) is 3. The Bertz CT molecular complexity index is 444. The Morgan fingerprint density at radius 2 is 1.59 bits per heavy atom. The van der Waals surface area contributed by atoms with Gasteiger partial charge < -0.3 is 0 Å². The molecule has 1 aliphatic rings. The average molecular weight is 233 g/mol. The molecule has 0 aliphatic carbocycles. The first-order valence-electron chi connectivity index (χ1n) is 5.63. The molecule has 0 N–H and O–H groups in total. The van der Waals surface area contributed by atoms with Crippen LogP contribution in [0.15, 0.2) is 24.3 Å². The van der Waals surface area contributed by atoms with Gasteiger partial charge in [0.25, 0.3) is 11.8 Å². The van der Waals surface area contributed by atoms with Crippen molar-refractivity contribution < 1.29 is 14.4 Å². The van der Waals surface area contributed by atoms with E-state index in [4.69, 9.17) is 4.84 Å². The van der Waals surface area contributed by atoms with E-state index in [1.165, 1.54) is 0 Å². The van der Waals surface area contributed by atoms with Crippen molar-refractivity contribution in [1.29, 1.82) is 0 Å². The number of nitrogens with zero attached hydrogens (tertiary/aromatic N) is 1. The summed E-state index contributed by atoms with van der Waals surface area (Å²) in [5, 5.41) is 0.869. The zero-order valence-electron chi connectivity index (χ0n) is 10.2. The van der Waals surface area contributed by atoms with Crippen molar-refractivity contribution in [3.05, 3.63) is 35.4 Å². The lowest BCUT2D eigenvalue weighted by atomic mass is 10.1. The molecule has 0 fully saturated rings. The van der Waals surface area contributed by atoms with Crippen molar-refractivity contribution >= 4 is 11.8 Å². The fourth-order valence-electron chi connectivity index (χ4n) is 1.56. The number of amides is 2. The molecule has 0 spiro atoms. The second-order valence-corrected chi connectivity index (χ2v) is 4.65. The summed E-state index contributed by atoms with van der Waals surface area (Å²) >= 11 is 0. The van der Waals surface area contributed by atoms with Gasteiger partial charge in [0, 0.05) is 0 Å². The van der Waals surface area contributed by atoms with Gasteiger partial charge in [0.15, 0.2) is 0 Å². The molecule has 0 bridgehead atoms. The molecule has 0 unspecified atom stereocenters. The topological polar surface area (TPSA) is 46.6 Å². The summed E-state index contributed by atoms with van der Waals surface area (Å²) in [6.07, 6.45) is 0.709. The molecule has 1 aromatic carbocycles. The van der Waals surface area contributed by atoms with E-state index in [2.05, 4.69) is 0 Å². The van der Waals surface area contributed by atoms with E-state index >= 15 is 0 Å². The van der Waals surface area contributed by atoms with E-state index in [9.17, 15) is 9.59 Å². The van der Waals surface area contributed by atoms with E-state index in [0.29, 0.717) is 17.5 Å². The van der Waals surface area contributed by atoms with Crippen molar-refractivity contribution in [3.8, 4) is 0 Å². The summed E-state index contributed by atoms with van der Waals surface area (Å²) in [6, 6.07) is 6.74. The Morgan fingerprint density at radius 1 is 1.12 bits per heavy atom. The molecule has 1 aromatic rings. The highest BCUT2D eigenvalue weighted by Gasteiger charge is 2.39. The van der Waals surface area contributed by atoms with E-state index < -0.39 is 5.60 Å². The van der Waals surface area contributed by atoms with Gasteiger partial charge in [-0.1, -0.05) is 19.1 Å². The molecule has 17 heavy (non-hydrogen) atoms. The maximum absolute atomic E-state index is 12.0. The average Bonchev–Trinajstić information content (AvgIpc) is 2.55. The van der Waals surface area contributed by atoms with Crippen LogP contribution in [0.4, 0.5) is 0 Å². The standard InChI is InChI=1S/C13H15NO3/c1-4-13(2,3)17-14-11(15)9-7-5-6-8-10(9)12(14)16/h5-8H,4H2,1-3H3. The molecule has 0 saturated heterocycles. The molecule has 1 aliphatic heterocycles. The van der Waals surface area contributed by atoms with Crippen LogP contribution in [0.1, 0.15) is 47.9 Å². The van der Waals surface area contributed by atoms with E-state index in [1.807, 2.05) is 20.8 Å². The summed E-state index contributed by atoms with van der Waals surface area (Å²) in [4.78, 5) is 29.5. The number of carbonyl (C=O) groups is 2. The highest BCUT2D eigenvalue weighted by atomic mass is 16.7. The van der Waals surface area contributed by atoms with Crippen molar-refractivity contribution in [2.24, 2.45) is 0 Å². The lowest BCUT2D eigenvalue weighted by molar-refractivity contribution is -0.174. The van der Waals surface area contributed by atoms with Crippen LogP contribution in [-0.2, 0) is 4.84 Å². The van der Waals surface area contributed by atoms with Crippen molar-refractivity contribution in [2.75, 3.05) is 0 Å². The molecular formula is C13H15NO3. The van der Waals surface area contributed by atoms with Gasteiger partial charge in [0.05, 0.1) is 16.7 Å².